The Labute approximate surface area is 120 Å². The molecule has 0 bridgehead atoms. The number of rotatable bonds is 5. The third-order valence-electron chi connectivity index (χ3n) is 4.02. The standard InChI is InChI=1S/C15H24ClNS/c1-4-10(2)8-11(3)17-13-6-5-7-14-12(13)9-15(16)18-14/h9-11,13,17H,4-8H2,1-3H3. The topological polar surface area (TPSA) is 12.0 Å². The first kappa shape index (κ1) is 14.4. The molecule has 0 radical (unpaired) electrons. The van der Waals surface area contributed by atoms with Crippen molar-refractivity contribution < 1.29 is 0 Å². The zero-order chi connectivity index (χ0) is 13.1. The summed E-state index contributed by atoms with van der Waals surface area (Å²) in [6, 6.07) is 3.29. The van der Waals surface area contributed by atoms with Gasteiger partial charge in [0, 0.05) is 17.0 Å². The minimum atomic E-state index is 0.525. The van der Waals surface area contributed by atoms with Crippen molar-refractivity contribution in [2.45, 2.75) is 65.0 Å². The van der Waals surface area contributed by atoms with Gasteiger partial charge in [0.25, 0.3) is 0 Å². The fourth-order valence-electron chi connectivity index (χ4n) is 2.88. The van der Waals surface area contributed by atoms with E-state index in [1.54, 1.807) is 11.3 Å². The second-order valence-electron chi connectivity index (χ2n) is 5.69. The Bertz CT molecular complexity index is 388. The fourth-order valence-corrected chi connectivity index (χ4v) is 4.26. The molecular weight excluding hydrogens is 262 g/mol. The highest BCUT2D eigenvalue weighted by Crippen LogP contribution is 2.38. The molecule has 3 heteroatoms. The summed E-state index contributed by atoms with van der Waals surface area (Å²) in [5.41, 5.74) is 1.47. The van der Waals surface area contributed by atoms with Crippen molar-refractivity contribution in [1.82, 2.24) is 5.32 Å². The first-order valence-corrected chi connectivity index (χ1v) is 8.33. The van der Waals surface area contributed by atoms with E-state index >= 15 is 0 Å². The van der Waals surface area contributed by atoms with Gasteiger partial charge in [-0.05, 0) is 50.2 Å². The molecule has 0 spiro atoms. The van der Waals surface area contributed by atoms with Crippen LogP contribution in [0.25, 0.3) is 0 Å². The van der Waals surface area contributed by atoms with Gasteiger partial charge in [-0.15, -0.1) is 11.3 Å². The SMILES string of the molecule is CCC(C)CC(C)NC1CCCc2sc(Cl)cc21. The number of nitrogens with one attached hydrogen (secondary N) is 1. The van der Waals surface area contributed by atoms with Crippen LogP contribution in [0.1, 0.15) is 62.9 Å². The molecule has 1 N–H and O–H groups in total. The Morgan fingerprint density at radius 3 is 3.00 bits per heavy atom. The van der Waals surface area contributed by atoms with Crippen LogP contribution in [0.2, 0.25) is 4.34 Å². The van der Waals surface area contributed by atoms with Crippen LogP contribution in [-0.2, 0) is 6.42 Å². The maximum Gasteiger partial charge on any atom is 0.0934 e. The van der Waals surface area contributed by atoms with Gasteiger partial charge in [-0.1, -0.05) is 31.9 Å². The summed E-state index contributed by atoms with van der Waals surface area (Å²) in [5.74, 6) is 0.807. The van der Waals surface area contributed by atoms with E-state index in [1.165, 1.54) is 42.5 Å². The zero-order valence-corrected chi connectivity index (χ0v) is 13.2. The lowest BCUT2D eigenvalue weighted by molar-refractivity contribution is 0.355. The van der Waals surface area contributed by atoms with Gasteiger partial charge in [-0.3, -0.25) is 0 Å². The van der Waals surface area contributed by atoms with Crippen molar-refractivity contribution in [2.75, 3.05) is 0 Å². The molecule has 0 saturated heterocycles. The van der Waals surface area contributed by atoms with E-state index in [4.69, 9.17) is 11.6 Å². The summed E-state index contributed by atoms with van der Waals surface area (Å²) in [4.78, 5) is 1.50. The van der Waals surface area contributed by atoms with Gasteiger partial charge in [0.15, 0.2) is 0 Å². The number of hydrogen-bond acceptors (Lipinski definition) is 2. The molecule has 0 saturated carbocycles. The normalized spacial score (nSPS) is 22.6. The van der Waals surface area contributed by atoms with E-state index in [0.717, 1.165) is 10.3 Å². The Hall–Kier alpha value is -0.0500. The van der Waals surface area contributed by atoms with Gasteiger partial charge in [0.1, 0.15) is 0 Å². The molecule has 0 amide bonds. The predicted octanol–water partition coefficient (Wildman–Crippen LogP) is 5.19. The maximum absolute atomic E-state index is 6.15. The molecule has 3 unspecified atom stereocenters. The van der Waals surface area contributed by atoms with E-state index in [9.17, 15) is 0 Å². The van der Waals surface area contributed by atoms with Crippen molar-refractivity contribution in [3.8, 4) is 0 Å². The predicted molar refractivity (Wildman–Crippen MR) is 81.7 cm³/mol. The van der Waals surface area contributed by atoms with Crippen LogP contribution in [0.5, 0.6) is 0 Å². The largest absolute Gasteiger partial charge is 0.307 e. The smallest absolute Gasteiger partial charge is 0.0934 e. The number of halogens is 1. The van der Waals surface area contributed by atoms with Crippen LogP contribution in [0, 0.1) is 5.92 Å². The van der Waals surface area contributed by atoms with Crippen molar-refractivity contribution in [2.24, 2.45) is 5.92 Å². The third-order valence-corrected chi connectivity index (χ3v) is 5.36. The first-order valence-electron chi connectivity index (χ1n) is 7.14. The van der Waals surface area contributed by atoms with Gasteiger partial charge < -0.3 is 5.32 Å². The van der Waals surface area contributed by atoms with Crippen molar-refractivity contribution in [3.63, 3.8) is 0 Å². The molecule has 2 rings (SSSR count). The lowest BCUT2D eigenvalue weighted by atomic mass is 9.92. The molecule has 0 aliphatic heterocycles. The lowest BCUT2D eigenvalue weighted by Gasteiger charge is -2.28. The van der Waals surface area contributed by atoms with Crippen LogP contribution in [0.15, 0.2) is 6.07 Å². The van der Waals surface area contributed by atoms with Crippen molar-refractivity contribution >= 4 is 22.9 Å². The molecule has 18 heavy (non-hydrogen) atoms. The summed E-state index contributed by atoms with van der Waals surface area (Å²) in [6.07, 6.45) is 6.29. The molecule has 102 valence electrons. The van der Waals surface area contributed by atoms with E-state index in [-0.39, 0.29) is 0 Å². The molecule has 1 nitrogen and oxygen atoms in total. The van der Waals surface area contributed by atoms with Crippen LogP contribution >= 0.6 is 22.9 Å². The van der Waals surface area contributed by atoms with Crippen molar-refractivity contribution in [1.29, 1.82) is 0 Å². The summed E-state index contributed by atoms with van der Waals surface area (Å²) < 4.78 is 0.947. The lowest BCUT2D eigenvalue weighted by Crippen LogP contribution is -2.33. The van der Waals surface area contributed by atoms with Crippen LogP contribution in [0.3, 0.4) is 0 Å². The Morgan fingerprint density at radius 2 is 2.28 bits per heavy atom. The first-order chi connectivity index (χ1) is 8.60. The highest BCUT2D eigenvalue weighted by Gasteiger charge is 2.24. The van der Waals surface area contributed by atoms with Crippen LogP contribution in [0.4, 0.5) is 0 Å². The van der Waals surface area contributed by atoms with Crippen LogP contribution < -0.4 is 5.32 Å². The number of hydrogen-bond donors (Lipinski definition) is 1. The van der Waals surface area contributed by atoms with E-state index in [0.29, 0.717) is 12.1 Å². The highest BCUT2D eigenvalue weighted by atomic mass is 35.5. The molecule has 1 aliphatic carbocycles. The summed E-state index contributed by atoms with van der Waals surface area (Å²) in [5, 5.41) is 3.80. The molecule has 3 atom stereocenters. The highest BCUT2D eigenvalue weighted by molar-refractivity contribution is 7.16. The molecule has 1 aliphatic rings. The minimum absolute atomic E-state index is 0.525. The quantitative estimate of drug-likeness (QED) is 0.785. The van der Waals surface area contributed by atoms with E-state index in [1.807, 2.05) is 0 Å². The Kier molecular flexibility index (Phi) is 5.11. The Morgan fingerprint density at radius 1 is 1.50 bits per heavy atom. The van der Waals surface area contributed by atoms with E-state index < -0.39 is 0 Å². The number of thiophene rings is 1. The average Bonchev–Trinajstić information content (AvgIpc) is 2.70. The Balaban J connectivity index is 1.98. The molecule has 1 aromatic heterocycles. The second kappa shape index (κ2) is 6.40. The second-order valence-corrected chi connectivity index (χ2v) is 7.46. The van der Waals surface area contributed by atoms with Gasteiger partial charge in [-0.2, -0.15) is 0 Å². The van der Waals surface area contributed by atoms with Gasteiger partial charge in [0.05, 0.1) is 4.34 Å². The number of fused-ring (bicyclic) bond motifs is 1. The minimum Gasteiger partial charge on any atom is -0.307 e. The summed E-state index contributed by atoms with van der Waals surface area (Å²) in [7, 11) is 0. The fraction of sp³-hybridized carbons (Fsp3) is 0.733. The molecule has 1 heterocycles. The van der Waals surface area contributed by atoms with E-state index in [2.05, 4.69) is 32.2 Å². The molecule has 0 fully saturated rings. The number of aryl methyl sites for hydroxylation is 1. The monoisotopic (exact) mass is 285 g/mol. The zero-order valence-electron chi connectivity index (χ0n) is 11.6. The summed E-state index contributed by atoms with van der Waals surface area (Å²) >= 11 is 7.92. The average molecular weight is 286 g/mol. The third kappa shape index (κ3) is 3.49. The molecular formula is C15H24ClNS. The van der Waals surface area contributed by atoms with Crippen molar-refractivity contribution in [3.05, 3.63) is 20.8 Å². The molecule has 0 aromatic carbocycles. The van der Waals surface area contributed by atoms with Crippen LogP contribution in [-0.4, -0.2) is 6.04 Å². The summed E-state index contributed by atoms with van der Waals surface area (Å²) in [6.45, 7) is 6.93. The van der Waals surface area contributed by atoms with Gasteiger partial charge in [0.2, 0.25) is 0 Å². The van der Waals surface area contributed by atoms with Gasteiger partial charge in [-0.25, -0.2) is 0 Å². The van der Waals surface area contributed by atoms with Gasteiger partial charge >= 0.3 is 0 Å². The molecule has 1 aromatic rings. The maximum atomic E-state index is 6.15.